The minimum Gasteiger partial charge on any atom is -0.457 e. The molecule has 2 unspecified atom stereocenters. The molecule has 0 spiro atoms. The van der Waals surface area contributed by atoms with E-state index in [4.69, 9.17) is 29.9 Å². The molecule has 0 radical (unpaired) electrons. The molecule has 2 atom stereocenters. The molecule has 184 valence electrons. The van der Waals surface area contributed by atoms with Crippen molar-refractivity contribution < 1.29 is 29.9 Å². The molecule has 0 saturated carbocycles. The molecule has 6 heteroatoms. The SMILES string of the molecule is CC(O)CO.CC(O)CO.CCCCOCCCC.c1ccc(Oc2ccccc2)cc1. The van der Waals surface area contributed by atoms with Crippen molar-refractivity contribution in [2.24, 2.45) is 0 Å². The second kappa shape index (κ2) is 25.3. The Labute approximate surface area is 194 Å². The number of ether oxygens (including phenoxy) is 2. The molecule has 6 nitrogen and oxygen atoms in total. The number of aliphatic hydroxyl groups is 4. The van der Waals surface area contributed by atoms with Crippen LogP contribution in [0.15, 0.2) is 60.7 Å². The fraction of sp³-hybridized carbons (Fsp3) is 0.538. The molecule has 32 heavy (non-hydrogen) atoms. The zero-order valence-corrected chi connectivity index (χ0v) is 20.2. The number of hydrogen-bond donors (Lipinski definition) is 4. The number of para-hydroxylation sites is 2. The molecule has 0 heterocycles. The first kappa shape index (κ1) is 32.2. The molecule has 0 fully saturated rings. The fourth-order valence-electron chi connectivity index (χ4n) is 1.71. The number of aliphatic hydroxyl groups excluding tert-OH is 4. The van der Waals surface area contributed by atoms with E-state index in [0.29, 0.717) is 0 Å². The zero-order chi connectivity index (χ0) is 24.5. The van der Waals surface area contributed by atoms with Crippen LogP contribution < -0.4 is 4.74 Å². The van der Waals surface area contributed by atoms with Crippen LogP contribution in [0.1, 0.15) is 53.4 Å². The summed E-state index contributed by atoms with van der Waals surface area (Å²) in [6, 6.07) is 19.5. The minimum atomic E-state index is -0.560. The van der Waals surface area contributed by atoms with Crippen LogP contribution in [0.3, 0.4) is 0 Å². The van der Waals surface area contributed by atoms with Crippen molar-refractivity contribution in [2.75, 3.05) is 26.4 Å². The minimum absolute atomic E-state index is 0.139. The van der Waals surface area contributed by atoms with Gasteiger partial charge in [0, 0.05) is 13.2 Å². The Bertz CT molecular complexity index is 524. The van der Waals surface area contributed by atoms with Crippen LogP contribution >= 0.6 is 0 Å². The van der Waals surface area contributed by atoms with Gasteiger partial charge < -0.3 is 29.9 Å². The third-order valence-electron chi connectivity index (χ3n) is 3.54. The number of rotatable bonds is 10. The highest BCUT2D eigenvalue weighted by atomic mass is 16.5. The van der Waals surface area contributed by atoms with Gasteiger partial charge in [0.1, 0.15) is 11.5 Å². The van der Waals surface area contributed by atoms with Crippen molar-refractivity contribution in [3.63, 3.8) is 0 Å². The number of hydrogen-bond acceptors (Lipinski definition) is 6. The van der Waals surface area contributed by atoms with Gasteiger partial charge in [-0.2, -0.15) is 0 Å². The highest BCUT2D eigenvalue weighted by Gasteiger charge is 1.92. The lowest BCUT2D eigenvalue weighted by Gasteiger charge is -2.03. The first-order valence-corrected chi connectivity index (χ1v) is 11.3. The lowest BCUT2D eigenvalue weighted by atomic mass is 10.3. The molecule has 0 amide bonds. The van der Waals surface area contributed by atoms with Crippen molar-refractivity contribution >= 4 is 0 Å². The van der Waals surface area contributed by atoms with Gasteiger partial charge in [-0.05, 0) is 51.0 Å². The van der Waals surface area contributed by atoms with Crippen molar-refractivity contribution in [3.05, 3.63) is 60.7 Å². The summed E-state index contributed by atoms with van der Waals surface area (Å²) in [6.45, 7) is 9.05. The summed E-state index contributed by atoms with van der Waals surface area (Å²) in [6.07, 6.45) is 3.79. The molecule has 0 saturated heterocycles. The van der Waals surface area contributed by atoms with E-state index in [-0.39, 0.29) is 13.2 Å². The Balaban J connectivity index is 0. The zero-order valence-electron chi connectivity index (χ0n) is 20.2. The van der Waals surface area contributed by atoms with E-state index >= 15 is 0 Å². The van der Waals surface area contributed by atoms with Crippen LogP contribution in [0.5, 0.6) is 11.5 Å². The lowest BCUT2D eigenvalue weighted by molar-refractivity contribution is 0.110. The van der Waals surface area contributed by atoms with E-state index < -0.39 is 12.2 Å². The Hall–Kier alpha value is -1.96. The summed E-state index contributed by atoms with van der Waals surface area (Å²) in [5.74, 6) is 1.74. The third-order valence-corrected chi connectivity index (χ3v) is 3.54. The molecule has 2 rings (SSSR count). The molecular weight excluding hydrogens is 408 g/mol. The molecule has 0 aromatic heterocycles. The van der Waals surface area contributed by atoms with E-state index in [1.54, 1.807) is 0 Å². The molecule has 0 aliphatic carbocycles. The monoisotopic (exact) mass is 452 g/mol. The van der Waals surface area contributed by atoms with Crippen LogP contribution in [0.4, 0.5) is 0 Å². The lowest BCUT2D eigenvalue weighted by Crippen LogP contribution is -2.03. The second-order valence-electron chi connectivity index (χ2n) is 7.11. The van der Waals surface area contributed by atoms with Gasteiger partial charge in [-0.1, -0.05) is 63.1 Å². The summed E-state index contributed by atoms with van der Waals surface area (Å²) in [5.41, 5.74) is 0. The van der Waals surface area contributed by atoms with Gasteiger partial charge in [0.05, 0.1) is 25.4 Å². The predicted octanol–water partition coefficient (Wildman–Crippen LogP) is 4.80. The van der Waals surface area contributed by atoms with Crippen LogP contribution in [-0.2, 0) is 4.74 Å². The maximum absolute atomic E-state index is 8.11. The topological polar surface area (TPSA) is 99.4 Å². The van der Waals surface area contributed by atoms with Crippen LogP contribution in [-0.4, -0.2) is 59.1 Å². The van der Waals surface area contributed by atoms with Gasteiger partial charge in [0.2, 0.25) is 0 Å². The van der Waals surface area contributed by atoms with Crippen molar-refractivity contribution in [3.8, 4) is 11.5 Å². The second-order valence-corrected chi connectivity index (χ2v) is 7.11. The van der Waals surface area contributed by atoms with Gasteiger partial charge in [-0.15, -0.1) is 0 Å². The smallest absolute Gasteiger partial charge is 0.127 e. The fourth-order valence-corrected chi connectivity index (χ4v) is 1.71. The average Bonchev–Trinajstić information content (AvgIpc) is 2.81. The number of unbranched alkanes of at least 4 members (excludes halogenated alkanes) is 2. The van der Waals surface area contributed by atoms with E-state index in [9.17, 15) is 0 Å². The van der Waals surface area contributed by atoms with Crippen molar-refractivity contribution in [1.29, 1.82) is 0 Å². The normalized spacial score (nSPS) is 11.4. The van der Waals surface area contributed by atoms with E-state index in [2.05, 4.69) is 13.8 Å². The number of benzene rings is 2. The highest BCUT2D eigenvalue weighted by Crippen LogP contribution is 2.19. The maximum Gasteiger partial charge on any atom is 0.127 e. The van der Waals surface area contributed by atoms with E-state index in [0.717, 1.165) is 24.7 Å². The molecular formula is C26H44O6. The van der Waals surface area contributed by atoms with Crippen LogP contribution in [0.25, 0.3) is 0 Å². The summed E-state index contributed by atoms with van der Waals surface area (Å²) in [4.78, 5) is 0. The van der Waals surface area contributed by atoms with Gasteiger partial charge >= 0.3 is 0 Å². The standard InChI is InChI=1S/C12H10O.C8H18O.2C3H8O2/c1-3-7-11(8-4-1)13-12-9-5-2-6-10-12;1-3-5-7-9-8-6-4-2;2*1-3(5)2-4/h1-10H;3-8H2,1-2H3;2*3-5H,2H2,1H3. The third kappa shape index (κ3) is 26.1. The van der Waals surface area contributed by atoms with Gasteiger partial charge in [-0.3, -0.25) is 0 Å². The quantitative estimate of drug-likeness (QED) is 0.387. The van der Waals surface area contributed by atoms with Gasteiger partial charge in [-0.25, -0.2) is 0 Å². The molecule has 0 bridgehead atoms. The van der Waals surface area contributed by atoms with E-state index in [1.807, 2.05) is 60.7 Å². The first-order valence-electron chi connectivity index (χ1n) is 11.3. The Morgan fingerprint density at radius 3 is 1.22 bits per heavy atom. The summed E-state index contributed by atoms with van der Waals surface area (Å²) in [5, 5.41) is 32.0. The van der Waals surface area contributed by atoms with Gasteiger partial charge in [0.25, 0.3) is 0 Å². The summed E-state index contributed by atoms with van der Waals surface area (Å²) < 4.78 is 10.9. The predicted molar refractivity (Wildman–Crippen MR) is 131 cm³/mol. The summed E-state index contributed by atoms with van der Waals surface area (Å²) in [7, 11) is 0. The Morgan fingerprint density at radius 2 is 0.969 bits per heavy atom. The Morgan fingerprint density at radius 1 is 0.656 bits per heavy atom. The van der Waals surface area contributed by atoms with Crippen molar-refractivity contribution in [2.45, 2.75) is 65.6 Å². The van der Waals surface area contributed by atoms with E-state index in [1.165, 1.54) is 39.5 Å². The molecule has 4 N–H and O–H groups in total. The van der Waals surface area contributed by atoms with Crippen LogP contribution in [0.2, 0.25) is 0 Å². The average molecular weight is 453 g/mol. The first-order chi connectivity index (χ1) is 15.4. The largest absolute Gasteiger partial charge is 0.457 e. The molecule has 2 aromatic rings. The maximum atomic E-state index is 8.11. The molecule has 0 aliphatic heterocycles. The molecule has 2 aromatic carbocycles. The Kier molecular flexibility index (Phi) is 25.5. The summed E-state index contributed by atoms with van der Waals surface area (Å²) >= 11 is 0. The van der Waals surface area contributed by atoms with Gasteiger partial charge in [0.15, 0.2) is 0 Å². The molecule has 0 aliphatic rings. The highest BCUT2D eigenvalue weighted by molar-refractivity contribution is 5.30. The van der Waals surface area contributed by atoms with Crippen molar-refractivity contribution in [1.82, 2.24) is 0 Å². The van der Waals surface area contributed by atoms with Crippen LogP contribution in [0, 0.1) is 0 Å².